The molecule has 0 aromatic heterocycles. The Morgan fingerprint density at radius 2 is 2.05 bits per heavy atom. The molecule has 1 atom stereocenters. The van der Waals surface area contributed by atoms with Crippen LogP contribution in [-0.2, 0) is 9.47 Å². The minimum atomic E-state index is -0.690. The Morgan fingerprint density at radius 1 is 1.36 bits per heavy atom. The predicted molar refractivity (Wildman–Crippen MR) is 77.5 cm³/mol. The first-order chi connectivity index (χ1) is 10.4. The number of amides is 2. The molecule has 1 aromatic carbocycles. The van der Waals surface area contributed by atoms with Gasteiger partial charge in [0, 0.05) is 19.0 Å². The number of ether oxygens (including phenoxy) is 2. The van der Waals surface area contributed by atoms with E-state index in [2.05, 4.69) is 10.6 Å². The van der Waals surface area contributed by atoms with Crippen molar-refractivity contribution in [2.45, 2.75) is 26.1 Å². The number of hydrogen-bond donors (Lipinski definition) is 2. The van der Waals surface area contributed by atoms with Crippen LogP contribution in [0.2, 0.25) is 0 Å². The number of nitrogens with one attached hydrogen (secondary N) is 2. The highest BCUT2D eigenvalue weighted by Crippen LogP contribution is 2.26. The maximum absolute atomic E-state index is 13.4. The van der Waals surface area contributed by atoms with Gasteiger partial charge in [-0.15, -0.1) is 0 Å². The van der Waals surface area contributed by atoms with Crippen LogP contribution in [0.4, 0.5) is 19.3 Å². The molecule has 1 saturated heterocycles. The number of benzene rings is 1. The molecular weight excluding hydrogens is 294 g/mol. The zero-order valence-electron chi connectivity index (χ0n) is 12.6. The van der Waals surface area contributed by atoms with Crippen molar-refractivity contribution >= 4 is 11.7 Å². The van der Waals surface area contributed by atoms with Crippen LogP contribution >= 0.6 is 0 Å². The maximum atomic E-state index is 13.4. The van der Waals surface area contributed by atoms with E-state index in [1.54, 1.807) is 0 Å². The van der Waals surface area contributed by atoms with E-state index in [0.717, 1.165) is 18.2 Å². The Hall–Kier alpha value is -1.73. The lowest BCUT2D eigenvalue weighted by Crippen LogP contribution is -2.36. The summed E-state index contributed by atoms with van der Waals surface area (Å²) in [6.45, 7) is 5.30. The van der Waals surface area contributed by atoms with Crippen LogP contribution in [-0.4, -0.2) is 31.6 Å². The predicted octanol–water partition coefficient (Wildman–Crippen LogP) is 2.88. The largest absolute Gasteiger partial charge is 0.348 e. The van der Waals surface area contributed by atoms with Crippen molar-refractivity contribution in [2.75, 3.05) is 25.1 Å². The smallest absolute Gasteiger partial charge is 0.319 e. The molecule has 0 unspecified atom stereocenters. The van der Waals surface area contributed by atoms with Gasteiger partial charge in [0.15, 0.2) is 5.79 Å². The lowest BCUT2D eigenvalue weighted by Gasteiger charge is -2.26. The van der Waals surface area contributed by atoms with Gasteiger partial charge in [-0.2, -0.15) is 0 Å². The maximum Gasteiger partial charge on any atom is 0.319 e. The van der Waals surface area contributed by atoms with E-state index >= 15 is 0 Å². The minimum absolute atomic E-state index is 0.103. The van der Waals surface area contributed by atoms with Crippen molar-refractivity contribution < 1.29 is 23.0 Å². The first kappa shape index (κ1) is 16.6. The fourth-order valence-electron chi connectivity index (χ4n) is 2.41. The quantitative estimate of drug-likeness (QED) is 0.878. The first-order valence-electron chi connectivity index (χ1n) is 7.16. The summed E-state index contributed by atoms with van der Waals surface area (Å²) >= 11 is 0. The third-order valence-electron chi connectivity index (χ3n) is 3.41. The molecule has 7 heteroatoms. The van der Waals surface area contributed by atoms with Crippen molar-refractivity contribution in [3.63, 3.8) is 0 Å². The molecular formula is C15H20F2N2O3. The number of hydrogen-bond acceptors (Lipinski definition) is 3. The van der Waals surface area contributed by atoms with E-state index in [-0.39, 0.29) is 11.6 Å². The molecule has 1 heterocycles. The molecule has 2 amide bonds. The zero-order valence-corrected chi connectivity index (χ0v) is 12.6. The van der Waals surface area contributed by atoms with Gasteiger partial charge in [-0.1, -0.05) is 6.92 Å². The van der Waals surface area contributed by atoms with Crippen LogP contribution in [0.3, 0.4) is 0 Å². The number of anilines is 1. The third kappa shape index (κ3) is 4.64. The molecule has 0 spiro atoms. The standard InChI is InChI=1S/C15H20F2N2O3/c1-10(8-15(2)21-5-6-22-15)9-18-14(20)19-13-7-11(16)3-4-12(13)17/h3-4,7,10H,5-6,8-9H2,1-2H3,(H2,18,19,20)/t10-/m0/s1. The zero-order chi connectivity index (χ0) is 16.2. The van der Waals surface area contributed by atoms with Gasteiger partial charge in [-0.3, -0.25) is 0 Å². The number of halogens is 2. The van der Waals surface area contributed by atoms with E-state index in [0.29, 0.717) is 26.2 Å². The molecule has 1 aromatic rings. The van der Waals surface area contributed by atoms with Crippen molar-refractivity contribution in [3.05, 3.63) is 29.8 Å². The molecule has 0 bridgehead atoms. The molecule has 2 N–H and O–H groups in total. The number of carbonyl (C=O) groups excluding carboxylic acids is 1. The number of urea groups is 1. The SMILES string of the molecule is C[C@H](CNC(=O)Nc1cc(F)ccc1F)CC1(C)OCCO1. The number of carbonyl (C=O) groups is 1. The van der Waals surface area contributed by atoms with Crippen LogP contribution in [0.25, 0.3) is 0 Å². The van der Waals surface area contributed by atoms with Crippen molar-refractivity contribution in [1.82, 2.24) is 5.32 Å². The minimum Gasteiger partial charge on any atom is -0.348 e. The van der Waals surface area contributed by atoms with Gasteiger partial charge in [0.05, 0.1) is 18.9 Å². The Balaban J connectivity index is 1.78. The van der Waals surface area contributed by atoms with Crippen LogP contribution in [0.5, 0.6) is 0 Å². The van der Waals surface area contributed by atoms with E-state index in [1.807, 2.05) is 13.8 Å². The summed E-state index contributed by atoms with van der Waals surface area (Å²) in [6, 6.07) is 2.29. The summed E-state index contributed by atoms with van der Waals surface area (Å²) in [5, 5.41) is 4.90. The van der Waals surface area contributed by atoms with Crippen molar-refractivity contribution in [1.29, 1.82) is 0 Å². The Kier molecular flexibility index (Phi) is 5.31. The summed E-state index contributed by atoms with van der Waals surface area (Å²) < 4.78 is 37.4. The molecule has 2 rings (SSSR count). The second-order valence-corrected chi connectivity index (χ2v) is 5.60. The Morgan fingerprint density at radius 3 is 2.73 bits per heavy atom. The van der Waals surface area contributed by atoms with Crippen molar-refractivity contribution in [2.24, 2.45) is 5.92 Å². The van der Waals surface area contributed by atoms with Gasteiger partial charge in [-0.25, -0.2) is 13.6 Å². The third-order valence-corrected chi connectivity index (χ3v) is 3.41. The van der Waals surface area contributed by atoms with Gasteiger partial charge in [-0.05, 0) is 25.0 Å². The Bertz CT molecular complexity index is 534. The average molecular weight is 314 g/mol. The molecule has 5 nitrogen and oxygen atoms in total. The molecule has 0 saturated carbocycles. The second kappa shape index (κ2) is 7.02. The van der Waals surface area contributed by atoms with Crippen molar-refractivity contribution in [3.8, 4) is 0 Å². The van der Waals surface area contributed by atoms with Gasteiger partial charge < -0.3 is 20.1 Å². The highest BCUT2D eigenvalue weighted by molar-refractivity contribution is 5.89. The van der Waals surface area contributed by atoms with Crippen LogP contribution in [0.15, 0.2) is 18.2 Å². The van der Waals surface area contributed by atoms with Crippen LogP contribution < -0.4 is 10.6 Å². The summed E-state index contributed by atoms with van der Waals surface area (Å²) in [5.41, 5.74) is -0.195. The molecule has 1 fully saturated rings. The lowest BCUT2D eigenvalue weighted by molar-refractivity contribution is -0.153. The average Bonchev–Trinajstić information content (AvgIpc) is 2.87. The number of rotatable bonds is 5. The summed E-state index contributed by atoms with van der Waals surface area (Å²) in [5.74, 6) is -1.82. The molecule has 122 valence electrons. The topological polar surface area (TPSA) is 59.6 Å². The van der Waals surface area contributed by atoms with Crippen LogP contribution in [0.1, 0.15) is 20.3 Å². The molecule has 22 heavy (non-hydrogen) atoms. The monoisotopic (exact) mass is 314 g/mol. The summed E-state index contributed by atoms with van der Waals surface area (Å²) in [6.07, 6.45) is 0.627. The lowest BCUT2D eigenvalue weighted by atomic mass is 10.0. The fourth-order valence-corrected chi connectivity index (χ4v) is 2.41. The fraction of sp³-hybridized carbons (Fsp3) is 0.533. The van der Waals surface area contributed by atoms with E-state index in [9.17, 15) is 13.6 Å². The van der Waals surface area contributed by atoms with E-state index in [4.69, 9.17) is 9.47 Å². The van der Waals surface area contributed by atoms with Gasteiger partial charge >= 0.3 is 6.03 Å². The summed E-state index contributed by atoms with van der Waals surface area (Å²) in [7, 11) is 0. The molecule has 1 aliphatic rings. The van der Waals surface area contributed by atoms with E-state index in [1.165, 1.54) is 0 Å². The van der Waals surface area contributed by atoms with Gasteiger partial charge in [0.1, 0.15) is 11.6 Å². The second-order valence-electron chi connectivity index (χ2n) is 5.60. The normalized spacial score (nSPS) is 18.0. The molecule has 0 radical (unpaired) electrons. The highest BCUT2D eigenvalue weighted by atomic mass is 19.1. The highest BCUT2D eigenvalue weighted by Gasteiger charge is 2.32. The van der Waals surface area contributed by atoms with Gasteiger partial charge in [0.2, 0.25) is 0 Å². The molecule has 1 aliphatic heterocycles. The van der Waals surface area contributed by atoms with Gasteiger partial charge in [0.25, 0.3) is 0 Å². The van der Waals surface area contributed by atoms with E-state index < -0.39 is 23.5 Å². The molecule has 0 aliphatic carbocycles. The summed E-state index contributed by atoms with van der Waals surface area (Å²) in [4.78, 5) is 11.7. The Labute approximate surface area is 128 Å². The van der Waals surface area contributed by atoms with Crippen LogP contribution in [0, 0.1) is 17.6 Å². The first-order valence-corrected chi connectivity index (χ1v) is 7.16.